The highest BCUT2D eigenvalue weighted by Gasteiger charge is 2.08. The van der Waals surface area contributed by atoms with Crippen LogP contribution < -0.4 is 4.74 Å². The van der Waals surface area contributed by atoms with Crippen LogP contribution in [0, 0.1) is 0 Å². The van der Waals surface area contributed by atoms with Gasteiger partial charge in [-0.3, -0.25) is 0 Å². The Morgan fingerprint density at radius 2 is 1.59 bits per heavy atom. The summed E-state index contributed by atoms with van der Waals surface area (Å²) in [6, 6.07) is 10.7. The number of ether oxygens (including phenoxy) is 1. The van der Waals surface area contributed by atoms with E-state index in [9.17, 15) is 5.11 Å². The molecule has 1 aromatic heterocycles. The van der Waals surface area contributed by atoms with Gasteiger partial charge in [-0.25, -0.2) is 9.97 Å². The number of methoxy groups -OCH3 is 1. The van der Waals surface area contributed by atoms with E-state index in [0.717, 1.165) is 0 Å². The molecule has 0 amide bonds. The molecule has 4 heteroatoms. The first-order valence-corrected chi connectivity index (χ1v) is 5.22. The summed E-state index contributed by atoms with van der Waals surface area (Å²) in [4.78, 5) is 8.86. The lowest BCUT2D eigenvalue weighted by molar-refractivity contribution is 0.419. The number of aromatic hydroxyl groups is 1. The smallest absolute Gasteiger partial charge is 0.146 e. The molecule has 0 spiro atoms. The van der Waals surface area contributed by atoms with Crippen molar-refractivity contribution in [1.29, 1.82) is 0 Å². The molecule has 2 aromatic carbocycles. The van der Waals surface area contributed by atoms with Crippen LogP contribution in [0.5, 0.6) is 11.5 Å². The van der Waals surface area contributed by atoms with E-state index in [-0.39, 0.29) is 5.75 Å². The Morgan fingerprint density at radius 3 is 2.35 bits per heavy atom. The lowest BCUT2D eigenvalue weighted by atomic mass is 10.2. The average Bonchev–Trinajstić information content (AvgIpc) is 2.36. The van der Waals surface area contributed by atoms with E-state index >= 15 is 0 Å². The number of fused-ring (bicyclic) bond motifs is 2. The van der Waals surface area contributed by atoms with Crippen LogP contribution in [0.2, 0.25) is 0 Å². The zero-order valence-corrected chi connectivity index (χ0v) is 9.21. The van der Waals surface area contributed by atoms with Gasteiger partial charge >= 0.3 is 0 Å². The lowest BCUT2D eigenvalue weighted by Crippen LogP contribution is -1.91. The first-order valence-electron chi connectivity index (χ1n) is 5.22. The SMILES string of the molecule is COc1cccc2nc3c(O)cccc3nc12. The maximum absolute atomic E-state index is 9.72. The summed E-state index contributed by atoms with van der Waals surface area (Å²) in [5.74, 6) is 0.819. The molecule has 0 aliphatic carbocycles. The predicted molar refractivity (Wildman–Crippen MR) is 65.3 cm³/mol. The van der Waals surface area contributed by atoms with E-state index in [0.29, 0.717) is 27.8 Å². The van der Waals surface area contributed by atoms with Crippen molar-refractivity contribution in [1.82, 2.24) is 9.97 Å². The van der Waals surface area contributed by atoms with Crippen LogP contribution in [0.4, 0.5) is 0 Å². The maximum Gasteiger partial charge on any atom is 0.146 e. The largest absolute Gasteiger partial charge is 0.506 e. The number of hydrogen-bond donors (Lipinski definition) is 1. The van der Waals surface area contributed by atoms with Gasteiger partial charge in [-0.15, -0.1) is 0 Å². The average molecular weight is 226 g/mol. The van der Waals surface area contributed by atoms with E-state index in [1.165, 1.54) is 0 Å². The van der Waals surface area contributed by atoms with Crippen molar-refractivity contribution in [2.45, 2.75) is 0 Å². The molecule has 0 unspecified atom stereocenters. The fraction of sp³-hybridized carbons (Fsp3) is 0.0769. The Bertz CT molecular complexity index is 710. The number of aromatic nitrogens is 2. The molecule has 4 nitrogen and oxygen atoms in total. The number of phenols is 1. The van der Waals surface area contributed by atoms with Crippen LogP contribution in [0.3, 0.4) is 0 Å². The summed E-state index contributed by atoms with van der Waals surface area (Å²) in [6.07, 6.45) is 0. The zero-order valence-electron chi connectivity index (χ0n) is 9.21. The summed E-state index contributed by atoms with van der Waals surface area (Å²) < 4.78 is 5.24. The molecule has 0 radical (unpaired) electrons. The molecular weight excluding hydrogens is 216 g/mol. The number of phenolic OH excluding ortho intramolecular Hbond substituents is 1. The van der Waals surface area contributed by atoms with Crippen molar-refractivity contribution >= 4 is 22.1 Å². The molecule has 0 saturated heterocycles. The van der Waals surface area contributed by atoms with E-state index in [1.807, 2.05) is 24.3 Å². The molecule has 1 N–H and O–H groups in total. The van der Waals surface area contributed by atoms with Gasteiger partial charge in [0.1, 0.15) is 22.5 Å². The minimum atomic E-state index is 0.139. The lowest BCUT2D eigenvalue weighted by Gasteiger charge is -2.06. The summed E-state index contributed by atoms with van der Waals surface area (Å²) in [7, 11) is 1.60. The van der Waals surface area contributed by atoms with E-state index in [1.54, 1.807) is 19.2 Å². The van der Waals surface area contributed by atoms with E-state index in [4.69, 9.17) is 4.74 Å². The van der Waals surface area contributed by atoms with Crippen LogP contribution in [-0.4, -0.2) is 22.2 Å². The van der Waals surface area contributed by atoms with Gasteiger partial charge in [-0.2, -0.15) is 0 Å². The molecule has 0 saturated carbocycles. The first kappa shape index (κ1) is 9.84. The fourth-order valence-corrected chi connectivity index (χ4v) is 1.84. The van der Waals surface area contributed by atoms with E-state index in [2.05, 4.69) is 9.97 Å². The maximum atomic E-state index is 9.72. The molecule has 1 heterocycles. The highest BCUT2D eigenvalue weighted by atomic mass is 16.5. The zero-order chi connectivity index (χ0) is 11.8. The summed E-state index contributed by atoms with van der Waals surface area (Å²) >= 11 is 0. The number of hydrogen-bond acceptors (Lipinski definition) is 4. The van der Waals surface area contributed by atoms with Crippen molar-refractivity contribution in [3.05, 3.63) is 36.4 Å². The highest BCUT2D eigenvalue weighted by molar-refractivity contribution is 5.91. The Morgan fingerprint density at radius 1 is 0.941 bits per heavy atom. The highest BCUT2D eigenvalue weighted by Crippen LogP contribution is 2.27. The molecule has 3 rings (SSSR count). The van der Waals surface area contributed by atoms with Crippen LogP contribution >= 0.6 is 0 Å². The fourth-order valence-electron chi connectivity index (χ4n) is 1.84. The van der Waals surface area contributed by atoms with Gasteiger partial charge in [-0.05, 0) is 24.3 Å². The van der Waals surface area contributed by atoms with Crippen molar-refractivity contribution in [2.75, 3.05) is 7.11 Å². The van der Waals surface area contributed by atoms with Crippen molar-refractivity contribution < 1.29 is 9.84 Å². The molecule has 0 aliphatic heterocycles. The normalized spacial score (nSPS) is 10.9. The van der Waals surface area contributed by atoms with Crippen LogP contribution in [0.25, 0.3) is 22.1 Å². The third kappa shape index (κ3) is 1.45. The second kappa shape index (κ2) is 3.59. The first-order chi connectivity index (χ1) is 8.29. The molecule has 17 heavy (non-hydrogen) atoms. The van der Waals surface area contributed by atoms with Gasteiger partial charge in [0.15, 0.2) is 0 Å². The minimum Gasteiger partial charge on any atom is -0.506 e. The quantitative estimate of drug-likeness (QED) is 0.648. The summed E-state index contributed by atoms with van der Waals surface area (Å²) in [6.45, 7) is 0. The number of nitrogens with zero attached hydrogens (tertiary/aromatic N) is 2. The third-order valence-electron chi connectivity index (χ3n) is 2.66. The third-order valence-corrected chi connectivity index (χ3v) is 2.66. The van der Waals surface area contributed by atoms with Gasteiger partial charge in [0.25, 0.3) is 0 Å². The Hall–Kier alpha value is -2.36. The Labute approximate surface area is 97.5 Å². The number of para-hydroxylation sites is 2. The van der Waals surface area contributed by atoms with Gasteiger partial charge in [0, 0.05) is 0 Å². The summed E-state index contributed by atoms with van der Waals surface area (Å²) in [5.41, 5.74) is 2.57. The van der Waals surface area contributed by atoms with Crippen molar-refractivity contribution in [3.63, 3.8) is 0 Å². The summed E-state index contributed by atoms with van der Waals surface area (Å²) in [5, 5.41) is 9.72. The second-order valence-corrected chi connectivity index (χ2v) is 3.70. The van der Waals surface area contributed by atoms with E-state index < -0.39 is 0 Å². The second-order valence-electron chi connectivity index (χ2n) is 3.70. The monoisotopic (exact) mass is 226 g/mol. The Kier molecular flexibility index (Phi) is 2.08. The van der Waals surface area contributed by atoms with Gasteiger partial charge in [0.05, 0.1) is 18.1 Å². The molecular formula is C13H10N2O2. The van der Waals surface area contributed by atoms with Crippen LogP contribution in [0.1, 0.15) is 0 Å². The Balaban J connectivity index is 2.48. The topological polar surface area (TPSA) is 55.2 Å². The van der Waals surface area contributed by atoms with Gasteiger partial charge in [-0.1, -0.05) is 12.1 Å². The van der Waals surface area contributed by atoms with Gasteiger partial charge < -0.3 is 9.84 Å². The number of benzene rings is 2. The van der Waals surface area contributed by atoms with Gasteiger partial charge in [0.2, 0.25) is 0 Å². The molecule has 0 fully saturated rings. The molecule has 84 valence electrons. The van der Waals surface area contributed by atoms with Crippen LogP contribution in [-0.2, 0) is 0 Å². The van der Waals surface area contributed by atoms with Crippen LogP contribution in [0.15, 0.2) is 36.4 Å². The molecule has 3 aromatic rings. The molecule has 0 bridgehead atoms. The molecule has 0 aliphatic rings. The number of rotatable bonds is 1. The van der Waals surface area contributed by atoms with Crippen molar-refractivity contribution in [3.8, 4) is 11.5 Å². The predicted octanol–water partition coefficient (Wildman–Crippen LogP) is 2.50. The minimum absolute atomic E-state index is 0.139. The standard InChI is InChI=1S/C13H10N2O2/c1-17-11-7-3-5-9-13(11)15-8-4-2-6-10(16)12(8)14-9/h2-7,16H,1H3. The van der Waals surface area contributed by atoms with Crippen molar-refractivity contribution in [2.24, 2.45) is 0 Å². The molecule has 0 atom stereocenters.